The van der Waals surface area contributed by atoms with Crippen molar-refractivity contribution in [2.45, 2.75) is 26.5 Å². The number of carbonyl (C=O) groups excluding carboxylic acids is 1. The van der Waals surface area contributed by atoms with Gasteiger partial charge in [0.15, 0.2) is 0 Å². The molecule has 0 aliphatic rings. The van der Waals surface area contributed by atoms with Crippen LogP contribution in [0.4, 0.5) is 11.4 Å². The SMILES string of the molecule is CC(C)OC(=O)c1ccc(NCc2ccccc2N)cc1. The Morgan fingerprint density at radius 1 is 1.14 bits per heavy atom. The Labute approximate surface area is 124 Å². The van der Waals surface area contributed by atoms with Gasteiger partial charge in [0.2, 0.25) is 0 Å². The Morgan fingerprint density at radius 3 is 2.43 bits per heavy atom. The van der Waals surface area contributed by atoms with Crippen LogP contribution in [0.15, 0.2) is 48.5 Å². The molecule has 21 heavy (non-hydrogen) atoms. The van der Waals surface area contributed by atoms with E-state index in [0.717, 1.165) is 16.9 Å². The number of para-hydroxylation sites is 1. The third-order valence-electron chi connectivity index (χ3n) is 3.00. The van der Waals surface area contributed by atoms with E-state index in [1.165, 1.54) is 0 Å². The molecular weight excluding hydrogens is 264 g/mol. The summed E-state index contributed by atoms with van der Waals surface area (Å²) in [7, 11) is 0. The van der Waals surface area contributed by atoms with Crippen molar-refractivity contribution in [3.63, 3.8) is 0 Å². The molecule has 2 rings (SSSR count). The van der Waals surface area contributed by atoms with E-state index in [0.29, 0.717) is 12.1 Å². The maximum atomic E-state index is 11.7. The molecule has 0 heterocycles. The Bertz CT molecular complexity index is 606. The molecule has 0 atom stereocenters. The molecule has 0 bridgehead atoms. The first-order chi connectivity index (χ1) is 10.1. The predicted octanol–water partition coefficient (Wildman–Crippen LogP) is 3.45. The number of rotatable bonds is 5. The molecule has 2 aromatic rings. The minimum atomic E-state index is -0.302. The number of nitrogen functional groups attached to an aromatic ring is 1. The second-order valence-electron chi connectivity index (χ2n) is 5.08. The number of hydrogen-bond donors (Lipinski definition) is 2. The van der Waals surface area contributed by atoms with Gasteiger partial charge in [0.25, 0.3) is 0 Å². The molecule has 0 aliphatic carbocycles. The van der Waals surface area contributed by atoms with Gasteiger partial charge in [-0.1, -0.05) is 18.2 Å². The van der Waals surface area contributed by atoms with Crippen LogP contribution in [-0.2, 0) is 11.3 Å². The average Bonchev–Trinajstić information content (AvgIpc) is 2.46. The van der Waals surface area contributed by atoms with Crippen molar-refractivity contribution >= 4 is 17.3 Å². The first-order valence-corrected chi connectivity index (χ1v) is 6.94. The van der Waals surface area contributed by atoms with Gasteiger partial charge in [-0.3, -0.25) is 0 Å². The van der Waals surface area contributed by atoms with Gasteiger partial charge in [0, 0.05) is 17.9 Å². The number of esters is 1. The lowest BCUT2D eigenvalue weighted by Gasteiger charge is -2.10. The summed E-state index contributed by atoms with van der Waals surface area (Å²) in [6.45, 7) is 4.30. The Kier molecular flexibility index (Phi) is 4.82. The summed E-state index contributed by atoms with van der Waals surface area (Å²) in [4.78, 5) is 11.7. The van der Waals surface area contributed by atoms with Crippen LogP contribution in [0.2, 0.25) is 0 Å². The molecule has 0 aromatic heterocycles. The highest BCUT2D eigenvalue weighted by molar-refractivity contribution is 5.89. The van der Waals surface area contributed by atoms with Crippen LogP contribution >= 0.6 is 0 Å². The van der Waals surface area contributed by atoms with Gasteiger partial charge < -0.3 is 15.8 Å². The number of hydrogen-bond acceptors (Lipinski definition) is 4. The summed E-state index contributed by atoms with van der Waals surface area (Å²) in [6.07, 6.45) is -0.114. The van der Waals surface area contributed by atoms with Gasteiger partial charge in [-0.05, 0) is 49.7 Å². The van der Waals surface area contributed by atoms with Crippen LogP contribution in [0.5, 0.6) is 0 Å². The quantitative estimate of drug-likeness (QED) is 0.652. The van der Waals surface area contributed by atoms with E-state index < -0.39 is 0 Å². The van der Waals surface area contributed by atoms with Crippen molar-refractivity contribution in [2.75, 3.05) is 11.1 Å². The van der Waals surface area contributed by atoms with E-state index in [9.17, 15) is 4.79 Å². The van der Waals surface area contributed by atoms with Crippen LogP contribution in [0.3, 0.4) is 0 Å². The van der Waals surface area contributed by atoms with Gasteiger partial charge in [0.05, 0.1) is 11.7 Å². The van der Waals surface area contributed by atoms with Crippen molar-refractivity contribution in [1.82, 2.24) is 0 Å². The van der Waals surface area contributed by atoms with E-state index in [1.54, 1.807) is 12.1 Å². The third-order valence-corrected chi connectivity index (χ3v) is 3.00. The summed E-state index contributed by atoms with van der Waals surface area (Å²) in [5, 5.41) is 3.28. The standard InChI is InChI=1S/C17H20N2O2/c1-12(2)21-17(20)13-7-9-15(10-8-13)19-11-14-5-3-4-6-16(14)18/h3-10,12,19H,11,18H2,1-2H3. The average molecular weight is 284 g/mol. The summed E-state index contributed by atoms with van der Waals surface area (Å²) in [5.41, 5.74) is 9.18. The number of anilines is 2. The van der Waals surface area contributed by atoms with Gasteiger partial charge in [-0.2, -0.15) is 0 Å². The van der Waals surface area contributed by atoms with Gasteiger partial charge >= 0.3 is 5.97 Å². The Balaban J connectivity index is 1.97. The number of carbonyl (C=O) groups is 1. The molecule has 3 N–H and O–H groups in total. The monoisotopic (exact) mass is 284 g/mol. The van der Waals surface area contributed by atoms with Crippen molar-refractivity contribution < 1.29 is 9.53 Å². The van der Waals surface area contributed by atoms with Crippen molar-refractivity contribution in [3.8, 4) is 0 Å². The zero-order valence-electron chi connectivity index (χ0n) is 12.3. The highest BCUT2D eigenvalue weighted by Gasteiger charge is 2.08. The third kappa shape index (κ3) is 4.24. The molecule has 0 radical (unpaired) electrons. The number of ether oxygens (including phenoxy) is 1. The molecule has 0 unspecified atom stereocenters. The minimum Gasteiger partial charge on any atom is -0.459 e. The van der Waals surface area contributed by atoms with Gasteiger partial charge in [0.1, 0.15) is 0 Å². The van der Waals surface area contributed by atoms with Crippen molar-refractivity contribution in [2.24, 2.45) is 0 Å². The summed E-state index contributed by atoms with van der Waals surface area (Å²) in [6, 6.07) is 14.9. The van der Waals surface area contributed by atoms with Crippen LogP contribution in [-0.4, -0.2) is 12.1 Å². The first kappa shape index (κ1) is 14.9. The van der Waals surface area contributed by atoms with Gasteiger partial charge in [-0.25, -0.2) is 4.79 Å². The van der Waals surface area contributed by atoms with Crippen LogP contribution in [0.1, 0.15) is 29.8 Å². The topological polar surface area (TPSA) is 64.3 Å². The van der Waals surface area contributed by atoms with E-state index in [2.05, 4.69) is 5.32 Å². The second-order valence-corrected chi connectivity index (χ2v) is 5.08. The summed E-state index contributed by atoms with van der Waals surface area (Å²) in [5.74, 6) is -0.302. The fourth-order valence-electron chi connectivity index (χ4n) is 1.90. The Morgan fingerprint density at radius 2 is 1.81 bits per heavy atom. The highest BCUT2D eigenvalue weighted by atomic mass is 16.5. The lowest BCUT2D eigenvalue weighted by Crippen LogP contribution is -2.11. The molecule has 0 saturated carbocycles. The fourth-order valence-corrected chi connectivity index (χ4v) is 1.90. The molecule has 0 saturated heterocycles. The zero-order valence-corrected chi connectivity index (χ0v) is 12.3. The van der Waals surface area contributed by atoms with Crippen LogP contribution in [0, 0.1) is 0 Å². The lowest BCUT2D eigenvalue weighted by atomic mass is 10.1. The van der Waals surface area contributed by atoms with E-state index in [-0.39, 0.29) is 12.1 Å². The second kappa shape index (κ2) is 6.79. The first-order valence-electron chi connectivity index (χ1n) is 6.94. The smallest absolute Gasteiger partial charge is 0.338 e. The summed E-state index contributed by atoms with van der Waals surface area (Å²) >= 11 is 0. The fraction of sp³-hybridized carbons (Fsp3) is 0.235. The molecule has 4 nitrogen and oxygen atoms in total. The largest absolute Gasteiger partial charge is 0.459 e. The molecule has 0 aliphatic heterocycles. The molecule has 4 heteroatoms. The molecule has 0 spiro atoms. The predicted molar refractivity (Wildman–Crippen MR) is 85.2 cm³/mol. The molecule has 110 valence electrons. The highest BCUT2D eigenvalue weighted by Crippen LogP contribution is 2.15. The van der Waals surface area contributed by atoms with E-state index in [1.807, 2.05) is 50.2 Å². The zero-order chi connectivity index (χ0) is 15.2. The molecular formula is C17H20N2O2. The van der Waals surface area contributed by atoms with Crippen LogP contribution < -0.4 is 11.1 Å². The molecule has 0 amide bonds. The lowest BCUT2D eigenvalue weighted by molar-refractivity contribution is 0.0378. The maximum absolute atomic E-state index is 11.7. The minimum absolute atomic E-state index is 0.114. The van der Waals surface area contributed by atoms with Gasteiger partial charge in [-0.15, -0.1) is 0 Å². The normalized spacial score (nSPS) is 10.4. The molecule has 0 fully saturated rings. The van der Waals surface area contributed by atoms with Crippen molar-refractivity contribution in [1.29, 1.82) is 0 Å². The van der Waals surface area contributed by atoms with E-state index >= 15 is 0 Å². The molecule has 2 aromatic carbocycles. The van der Waals surface area contributed by atoms with Crippen LogP contribution in [0.25, 0.3) is 0 Å². The van der Waals surface area contributed by atoms with Crippen molar-refractivity contribution in [3.05, 3.63) is 59.7 Å². The Hall–Kier alpha value is -2.49. The maximum Gasteiger partial charge on any atom is 0.338 e. The number of benzene rings is 2. The van der Waals surface area contributed by atoms with E-state index in [4.69, 9.17) is 10.5 Å². The number of nitrogens with one attached hydrogen (secondary N) is 1. The number of nitrogens with two attached hydrogens (primary N) is 1. The summed E-state index contributed by atoms with van der Waals surface area (Å²) < 4.78 is 5.15.